The molecule has 1 atom stereocenters. The third-order valence-corrected chi connectivity index (χ3v) is 4.82. The van der Waals surface area contributed by atoms with Gasteiger partial charge < -0.3 is 19.5 Å². The van der Waals surface area contributed by atoms with Gasteiger partial charge in [0.2, 0.25) is 0 Å². The first-order valence-corrected chi connectivity index (χ1v) is 10.7. The standard InChI is InChI=1S/C23H35N3O4/c1-5-28-12-13-30-15-14-29-11-10-24-23(27)21-8-6-20(7-9-21)19(4)26-17-22(16-25-26)18(2)3/h6-9,16-19H,5,10-15H2,1-4H3,(H,24,27). The third kappa shape index (κ3) is 7.89. The van der Waals surface area contributed by atoms with Crippen LogP contribution in [0.15, 0.2) is 36.7 Å². The van der Waals surface area contributed by atoms with Gasteiger partial charge >= 0.3 is 0 Å². The topological polar surface area (TPSA) is 74.6 Å². The van der Waals surface area contributed by atoms with E-state index in [1.54, 1.807) is 0 Å². The SMILES string of the molecule is CCOCCOCCOCCNC(=O)c1ccc(C(C)n2cc(C(C)C)cn2)cc1. The first kappa shape index (κ1) is 24.1. The summed E-state index contributed by atoms with van der Waals surface area (Å²) >= 11 is 0. The number of amides is 1. The molecule has 0 aliphatic carbocycles. The number of carbonyl (C=O) groups is 1. The molecule has 0 saturated carbocycles. The average Bonchev–Trinajstić information content (AvgIpc) is 3.25. The van der Waals surface area contributed by atoms with Gasteiger partial charge in [0.05, 0.1) is 45.3 Å². The molecule has 0 bridgehead atoms. The Hall–Kier alpha value is -2.22. The highest BCUT2D eigenvalue weighted by atomic mass is 16.5. The van der Waals surface area contributed by atoms with Crippen LogP contribution in [0.25, 0.3) is 0 Å². The van der Waals surface area contributed by atoms with Crippen molar-refractivity contribution >= 4 is 5.91 Å². The molecule has 1 amide bonds. The zero-order valence-electron chi connectivity index (χ0n) is 18.6. The van der Waals surface area contributed by atoms with Crippen LogP contribution in [0.5, 0.6) is 0 Å². The number of carbonyl (C=O) groups excluding carboxylic acids is 1. The zero-order valence-corrected chi connectivity index (χ0v) is 18.6. The van der Waals surface area contributed by atoms with Crippen LogP contribution < -0.4 is 5.32 Å². The quantitative estimate of drug-likeness (QED) is 0.477. The maximum absolute atomic E-state index is 12.3. The Kier molecular flexibility index (Phi) is 10.5. The lowest BCUT2D eigenvalue weighted by molar-refractivity contribution is 0.0175. The van der Waals surface area contributed by atoms with E-state index in [0.717, 1.165) is 5.56 Å². The fourth-order valence-electron chi connectivity index (χ4n) is 2.85. The van der Waals surface area contributed by atoms with Crippen molar-refractivity contribution < 1.29 is 19.0 Å². The van der Waals surface area contributed by atoms with Crippen LogP contribution in [-0.4, -0.2) is 61.9 Å². The van der Waals surface area contributed by atoms with Gasteiger partial charge in [0.1, 0.15) is 0 Å². The minimum Gasteiger partial charge on any atom is -0.379 e. The Morgan fingerprint density at radius 2 is 1.60 bits per heavy atom. The number of hydrogen-bond donors (Lipinski definition) is 1. The Balaban J connectivity index is 1.68. The van der Waals surface area contributed by atoms with E-state index in [9.17, 15) is 4.79 Å². The lowest BCUT2D eigenvalue weighted by atomic mass is 10.1. The monoisotopic (exact) mass is 417 g/mol. The molecule has 1 unspecified atom stereocenters. The van der Waals surface area contributed by atoms with Crippen molar-refractivity contribution in [1.29, 1.82) is 0 Å². The Labute approximate surface area is 179 Å². The van der Waals surface area contributed by atoms with Gasteiger partial charge in [-0.25, -0.2) is 0 Å². The Morgan fingerprint density at radius 3 is 2.20 bits per heavy atom. The van der Waals surface area contributed by atoms with E-state index in [0.29, 0.717) is 57.7 Å². The van der Waals surface area contributed by atoms with Gasteiger partial charge in [0, 0.05) is 24.9 Å². The summed E-state index contributed by atoms with van der Waals surface area (Å²) in [7, 11) is 0. The molecule has 0 fully saturated rings. The van der Waals surface area contributed by atoms with Gasteiger partial charge in [-0.05, 0) is 43.0 Å². The van der Waals surface area contributed by atoms with Crippen LogP contribution in [-0.2, 0) is 14.2 Å². The maximum atomic E-state index is 12.3. The molecule has 0 spiro atoms. The van der Waals surface area contributed by atoms with E-state index in [1.165, 1.54) is 5.56 Å². The smallest absolute Gasteiger partial charge is 0.251 e. The van der Waals surface area contributed by atoms with Gasteiger partial charge in [-0.15, -0.1) is 0 Å². The van der Waals surface area contributed by atoms with Crippen molar-refractivity contribution in [3.63, 3.8) is 0 Å². The second kappa shape index (κ2) is 13.2. The second-order valence-corrected chi connectivity index (χ2v) is 7.38. The molecule has 1 heterocycles. The summed E-state index contributed by atoms with van der Waals surface area (Å²) in [4.78, 5) is 12.3. The summed E-state index contributed by atoms with van der Waals surface area (Å²) < 4.78 is 18.0. The number of nitrogens with one attached hydrogen (secondary N) is 1. The summed E-state index contributed by atoms with van der Waals surface area (Å²) in [5.74, 6) is 0.348. The molecule has 0 radical (unpaired) electrons. The lowest BCUT2D eigenvalue weighted by Crippen LogP contribution is -2.27. The summed E-state index contributed by atoms with van der Waals surface area (Å²) in [6, 6.07) is 7.76. The molecule has 2 aromatic rings. The predicted octanol–water partition coefficient (Wildman–Crippen LogP) is 3.42. The van der Waals surface area contributed by atoms with Crippen molar-refractivity contribution in [2.75, 3.05) is 46.2 Å². The molecule has 30 heavy (non-hydrogen) atoms. The Morgan fingerprint density at radius 1 is 0.967 bits per heavy atom. The number of rotatable bonds is 14. The molecule has 0 aliphatic heterocycles. The molecule has 1 aromatic heterocycles. The molecule has 1 N–H and O–H groups in total. The molecule has 166 valence electrons. The molecule has 1 aromatic carbocycles. The maximum Gasteiger partial charge on any atom is 0.251 e. The molecule has 7 heteroatoms. The number of aromatic nitrogens is 2. The highest BCUT2D eigenvalue weighted by molar-refractivity contribution is 5.94. The summed E-state index contributed by atoms with van der Waals surface area (Å²) in [5, 5.41) is 7.34. The molecular weight excluding hydrogens is 382 g/mol. The summed E-state index contributed by atoms with van der Waals surface area (Å²) in [5.41, 5.74) is 2.96. The van der Waals surface area contributed by atoms with Gasteiger partial charge in [-0.1, -0.05) is 26.0 Å². The predicted molar refractivity (Wildman–Crippen MR) is 117 cm³/mol. The van der Waals surface area contributed by atoms with Gasteiger partial charge in [0.15, 0.2) is 0 Å². The Bertz CT molecular complexity index is 743. The number of nitrogens with zero attached hydrogens (tertiary/aromatic N) is 2. The third-order valence-electron chi connectivity index (χ3n) is 4.82. The molecule has 2 rings (SSSR count). The van der Waals surface area contributed by atoms with Crippen LogP contribution in [0.1, 0.15) is 61.1 Å². The molecule has 0 aliphatic rings. The van der Waals surface area contributed by atoms with E-state index < -0.39 is 0 Å². The molecular formula is C23H35N3O4. The van der Waals surface area contributed by atoms with Crippen molar-refractivity contribution in [2.45, 2.75) is 39.7 Å². The highest BCUT2D eigenvalue weighted by Gasteiger charge is 2.12. The van der Waals surface area contributed by atoms with Crippen molar-refractivity contribution in [2.24, 2.45) is 0 Å². The van der Waals surface area contributed by atoms with E-state index in [4.69, 9.17) is 14.2 Å². The first-order chi connectivity index (χ1) is 14.5. The van der Waals surface area contributed by atoms with Crippen LogP contribution in [0.3, 0.4) is 0 Å². The van der Waals surface area contributed by atoms with Crippen LogP contribution in [0.4, 0.5) is 0 Å². The zero-order chi connectivity index (χ0) is 21.8. The fraction of sp³-hybridized carbons (Fsp3) is 0.565. The van der Waals surface area contributed by atoms with Crippen LogP contribution in [0.2, 0.25) is 0 Å². The van der Waals surface area contributed by atoms with Crippen molar-refractivity contribution in [3.8, 4) is 0 Å². The molecule has 7 nitrogen and oxygen atoms in total. The van der Waals surface area contributed by atoms with Crippen molar-refractivity contribution in [1.82, 2.24) is 15.1 Å². The normalized spacial score (nSPS) is 12.3. The summed E-state index contributed by atoms with van der Waals surface area (Å²) in [6.45, 7) is 12.2. The van der Waals surface area contributed by atoms with Gasteiger partial charge in [0.25, 0.3) is 5.91 Å². The van der Waals surface area contributed by atoms with Gasteiger partial charge in [-0.3, -0.25) is 9.48 Å². The average molecular weight is 418 g/mol. The van der Waals surface area contributed by atoms with Crippen molar-refractivity contribution in [3.05, 3.63) is 53.3 Å². The number of ether oxygens (including phenoxy) is 3. The van der Waals surface area contributed by atoms with Gasteiger partial charge in [-0.2, -0.15) is 5.10 Å². The largest absolute Gasteiger partial charge is 0.379 e. The number of hydrogen-bond acceptors (Lipinski definition) is 5. The minimum atomic E-state index is -0.105. The van der Waals surface area contributed by atoms with Crippen LogP contribution >= 0.6 is 0 Å². The van der Waals surface area contributed by atoms with Crippen LogP contribution in [0, 0.1) is 0 Å². The fourth-order valence-corrected chi connectivity index (χ4v) is 2.85. The van der Waals surface area contributed by atoms with E-state index in [1.807, 2.05) is 42.1 Å². The molecule has 0 saturated heterocycles. The van der Waals surface area contributed by atoms with E-state index in [2.05, 4.69) is 37.4 Å². The number of benzene rings is 1. The highest BCUT2D eigenvalue weighted by Crippen LogP contribution is 2.20. The minimum absolute atomic E-state index is 0.105. The van der Waals surface area contributed by atoms with E-state index in [-0.39, 0.29) is 11.9 Å². The lowest BCUT2D eigenvalue weighted by Gasteiger charge is -2.13. The second-order valence-electron chi connectivity index (χ2n) is 7.38. The summed E-state index contributed by atoms with van der Waals surface area (Å²) in [6.07, 6.45) is 4.00. The first-order valence-electron chi connectivity index (χ1n) is 10.7. The van der Waals surface area contributed by atoms with E-state index >= 15 is 0 Å².